The lowest BCUT2D eigenvalue weighted by molar-refractivity contribution is -0.150. The molecule has 0 bridgehead atoms. The Bertz CT molecular complexity index is 312. The van der Waals surface area contributed by atoms with Crippen LogP contribution in [-0.2, 0) is 19.2 Å². The third-order valence-electron chi connectivity index (χ3n) is 1.76. The molecule has 9 nitrogen and oxygen atoms in total. The number of rotatable bonds is 8. The standard InChI is InChI=1S/C8H11NO8.Mg.2H/c10-5(11)1-3(7(14)15)9-4(8(16)17)2-6(12)13;;;/h3-4,9H,1-2H2,(H,10,11)(H,12,13)(H,14,15)(H,16,17);;;. The average molecular weight is 275 g/mol. The maximum absolute atomic E-state index is 10.6. The molecule has 0 aromatic rings. The molecule has 0 heterocycles. The van der Waals surface area contributed by atoms with E-state index < -0.39 is 48.8 Å². The zero-order chi connectivity index (χ0) is 13.6. The summed E-state index contributed by atoms with van der Waals surface area (Å²) in [5.74, 6) is -6.01. The second kappa shape index (κ2) is 8.66. The zero-order valence-corrected chi connectivity index (χ0v) is 8.49. The van der Waals surface area contributed by atoms with E-state index in [1.165, 1.54) is 0 Å². The lowest BCUT2D eigenvalue weighted by Crippen LogP contribution is -2.48. The fourth-order valence-electron chi connectivity index (χ4n) is 1.03. The predicted octanol–water partition coefficient (Wildman–Crippen LogP) is -2.48. The molecule has 0 aromatic heterocycles. The van der Waals surface area contributed by atoms with E-state index in [4.69, 9.17) is 20.4 Å². The van der Waals surface area contributed by atoms with E-state index in [1.807, 2.05) is 5.32 Å². The summed E-state index contributed by atoms with van der Waals surface area (Å²) >= 11 is 0. The number of carboxylic acids is 4. The monoisotopic (exact) mass is 275 g/mol. The minimum Gasteiger partial charge on any atom is -0.481 e. The summed E-state index contributed by atoms with van der Waals surface area (Å²) in [6, 6.07) is -3.32. The molecule has 0 saturated heterocycles. The van der Waals surface area contributed by atoms with Crippen LogP contribution in [0.5, 0.6) is 0 Å². The minimum absolute atomic E-state index is 0. The number of carbonyl (C=O) groups is 4. The van der Waals surface area contributed by atoms with Gasteiger partial charge in [-0.25, -0.2) is 0 Å². The molecule has 2 atom stereocenters. The van der Waals surface area contributed by atoms with Gasteiger partial charge in [-0.1, -0.05) is 0 Å². The SMILES string of the molecule is O=C(O)CC(NC(CC(=O)O)C(=O)O)C(=O)O.[MgH2]. The van der Waals surface area contributed by atoms with Crippen LogP contribution in [-0.4, -0.2) is 79.4 Å². The van der Waals surface area contributed by atoms with Crippen LogP contribution >= 0.6 is 0 Å². The van der Waals surface area contributed by atoms with Gasteiger partial charge in [0, 0.05) is 0 Å². The highest BCUT2D eigenvalue weighted by molar-refractivity contribution is 5.84. The first-order valence-electron chi connectivity index (χ1n) is 4.39. The van der Waals surface area contributed by atoms with Gasteiger partial charge in [0.2, 0.25) is 0 Å². The van der Waals surface area contributed by atoms with Crippen molar-refractivity contribution in [2.75, 3.05) is 0 Å². The third-order valence-corrected chi connectivity index (χ3v) is 1.76. The Morgan fingerprint density at radius 3 is 1.22 bits per heavy atom. The van der Waals surface area contributed by atoms with E-state index in [0.717, 1.165) is 0 Å². The van der Waals surface area contributed by atoms with Crippen molar-refractivity contribution in [2.45, 2.75) is 24.9 Å². The summed E-state index contributed by atoms with van der Waals surface area (Å²) in [6.45, 7) is 0. The Morgan fingerprint density at radius 2 is 1.06 bits per heavy atom. The molecule has 0 amide bonds. The molecule has 0 rings (SSSR count). The van der Waals surface area contributed by atoms with Crippen molar-refractivity contribution in [2.24, 2.45) is 0 Å². The molecule has 2 unspecified atom stereocenters. The van der Waals surface area contributed by atoms with Crippen LogP contribution in [0.15, 0.2) is 0 Å². The highest BCUT2D eigenvalue weighted by Gasteiger charge is 2.29. The first-order valence-corrected chi connectivity index (χ1v) is 4.39. The highest BCUT2D eigenvalue weighted by atomic mass is 24.3. The van der Waals surface area contributed by atoms with Crippen LogP contribution in [0.1, 0.15) is 12.8 Å². The normalized spacial score (nSPS) is 12.9. The molecule has 0 aliphatic heterocycles. The van der Waals surface area contributed by atoms with Gasteiger partial charge in [0.1, 0.15) is 12.1 Å². The number of hydrogen-bond acceptors (Lipinski definition) is 5. The Kier molecular flexibility index (Phi) is 9.12. The van der Waals surface area contributed by atoms with E-state index in [1.54, 1.807) is 0 Å². The largest absolute Gasteiger partial charge is 0.481 e. The lowest BCUT2D eigenvalue weighted by Gasteiger charge is -2.17. The number of carboxylic acid groups (broad SMARTS) is 4. The molecule has 100 valence electrons. The van der Waals surface area contributed by atoms with E-state index in [0.29, 0.717) is 0 Å². The molecule has 18 heavy (non-hydrogen) atoms. The Morgan fingerprint density at radius 1 is 0.778 bits per heavy atom. The molecule has 5 N–H and O–H groups in total. The van der Waals surface area contributed by atoms with Crippen molar-refractivity contribution in [1.82, 2.24) is 5.32 Å². The second-order valence-electron chi connectivity index (χ2n) is 3.14. The molecule has 10 heteroatoms. The fourth-order valence-corrected chi connectivity index (χ4v) is 1.03. The van der Waals surface area contributed by atoms with Gasteiger partial charge in [-0.3, -0.25) is 24.5 Å². The van der Waals surface area contributed by atoms with Crippen molar-refractivity contribution >= 4 is 46.9 Å². The third kappa shape index (κ3) is 7.81. The van der Waals surface area contributed by atoms with Gasteiger partial charge in [0.25, 0.3) is 0 Å². The molecule has 0 aliphatic rings. The van der Waals surface area contributed by atoms with Crippen LogP contribution in [0.4, 0.5) is 0 Å². The summed E-state index contributed by atoms with van der Waals surface area (Å²) < 4.78 is 0. The quantitative estimate of drug-likeness (QED) is 0.302. The van der Waals surface area contributed by atoms with Gasteiger partial charge in [0.05, 0.1) is 12.8 Å². The van der Waals surface area contributed by atoms with Crippen LogP contribution in [0.25, 0.3) is 0 Å². The number of hydrogen-bond donors (Lipinski definition) is 5. The molecule has 0 aromatic carbocycles. The van der Waals surface area contributed by atoms with Crippen LogP contribution in [0, 0.1) is 0 Å². The van der Waals surface area contributed by atoms with Crippen LogP contribution in [0.3, 0.4) is 0 Å². The summed E-state index contributed by atoms with van der Waals surface area (Å²) in [5.41, 5.74) is 0. The maximum atomic E-state index is 10.6. The van der Waals surface area contributed by atoms with E-state index >= 15 is 0 Å². The predicted molar refractivity (Wildman–Crippen MR) is 59.0 cm³/mol. The first-order chi connectivity index (χ1) is 7.73. The maximum Gasteiger partial charge on any atom is 0.321 e. The topological polar surface area (TPSA) is 161 Å². The van der Waals surface area contributed by atoms with Crippen molar-refractivity contribution in [1.29, 1.82) is 0 Å². The van der Waals surface area contributed by atoms with Gasteiger partial charge in [-0.05, 0) is 0 Å². The lowest BCUT2D eigenvalue weighted by atomic mass is 10.1. The zero-order valence-electron chi connectivity index (χ0n) is 8.49. The minimum atomic E-state index is -1.66. The number of nitrogens with one attached hydrogen (secondary N) is 1. The van der Waals surface area contributed by atoms with Crippen LogP contribution < -0.4 is 5.32 Å². The first kappa shape index (κ1) is 19.0. The van der Waals surface area contributed by atoms with Crippen molar-refractivity contribution in [3.8, 4) is 0 Å². The van der Waals surface area contributed by atoms with Crippen molar-refractivity contribution in [3.63, 3.8) is 0 Å². The smallest absolute Gasteiger partial charge is 0.321 e. The summed E-state index contributed by atoms with van der Waals surface area (Å²) in [5, 5.41) is 36.0. The Hall–Kier alpha value is -1.39. The molecular formula is C8H13MgNO8. The Balaban J connectivity index is 0. The van der Waals surface area contributed by atoms with Gasteiger partial charge in [-0.2, -0.15) is 0 Å². The van der Waals surface area contributed by atoms with E-state index in [2.05, 4.69) is 0 Å². The van der Waals surface area contributed by atoms with Gasteiger partial charge in [-0.15, -0.1) is 0 Å². The number of aliphatic carboxylic acids is 4. The van der Waals surface area contributed by atoms with Gasteiger partial charge in [0.15, 0.2) is 0 Å². The summed E-state index contributed by atoms with van der Waals surface area (Å²) in [7, 11) is 0. The second-order valence-corrected chi connectivity index (χ2v) is 3.14. The fraction of sp³-hybridized carbons (Fsp3) is 0.500. The van der Waals surface area contributed by atoms with Crippen LogP contribution in [0.2, 0.25) is 0 Å². The van der Waals surface area contributed by atoms with E-state index in [9.17, 15) is 19.2 Å². The Labute approximate surface area is 117 Å². The molecule has 0 fully saturated rings. The van der Waals surface area contributed by atoms with Gasteiger partial charge >= 0.3 is 46.9 Å². The molecule has 0 saturated carbocycles. The molecular weight excluding hydrogens is 262 g/mol. The van der Waals surface area contributed by atoms with Crippen molar-refractivity contribution in [3.05, 3.63) is 0 Å². The molecule has 0 radical (unpaired) electrons. The molecule has 0 aliphatic carbocycles. The summed E-state index contributed by atoms with van der Waals surface area (Å²) in [6.07, 6.45) is -1.70. The van der Waals surface area contributed by atoms with Gasteiger partial charge < -0.3 is 20.4 Å². The van der Waals surface area contributed by atoms with Crippen molar-refractivity contribution < 1.29 is 39.6 Å². The molecule has 0 spiro atoms. The summed E-state index contributed by atoms with van der Waals surface area (Å²) in [4.78, 5) is 41.9. The average Bonchev–Trinajstić information content (AvgIpc) is 2.13. The van der Waals surface area contributed by atoms with E-state index in [-0.39, 0.29) is 23.1 Å². The highest BCUT2D eigenvalue weighted by Crippen LogP contribution is 2.00.